The van der Waals surface area contributed by atoms with Gasteiger partial charge in [0.2, 0.25) is 0 Å². The molecule has 1 atom stereocenters. The molecule has 130 valence electrons. The molecule has 0 saturated carbocycles. The Balaban J connectivity index is 1.93. The van der Waals surface area contributed by atoms with E-state index in [1.54, 1.807) is 24.3 Å². The van der Waals surface area contributed by atoms with Crippen LogP contribution in [0.4, 0.5) is 11.4 Å². The fourth-order valence-electron chi connectivity index (χ4n) is 3.03. The molecule has 1 aliphatic rings. The van der Waals surface area contributed by atoms with Gasteiger partial charge in [-0.05, 0) is 18.2 Å². The Morgan fingerprint density at radius 1 is 1.23 bits per heavy atom. The normalized spacial score (nSPS) is 18.3. The van der Waals surface area contributed by atoms with Crippen LogP contribution in [0.5, 0.6) is 0 Å². The summed E-state index contributed by atoms with van der Waals surface area (Å²) in [7, 11) is 0. The molecule has 2 aromatic carbocycles. The number of hydrogen-bond acceptors (Lipinski definition) is 5. The predicted molar refractivity (Wildman–Crippen MR) is 93.6 cm³/mol. The summed E-state index contributed by atoms with van der Waals surface area (Å²) < 4.78 is 0. The molecule has 26 heavy (non-hydrogen) atoms. The minimum absolute atomic E-state index is 0.0239. The first-order valence-electron chi connectivity index (χ1n) is 7.73. The number of fused-ring (bicyclic) bond motifs is 1. The van der Waals surface area contributed by atoms with Gasteiger partial charge in [0.05, 0.1) is 23.6 Å². The Hall–Kier alpha value is -3.50. The molecule has 0 saturated heterocycles. The molecule has 0 aliphatic carbocycles. The van der Waals surface area contributed by atoms with Gasteiger partial charge in [0.1, 0.15) is 0 Å². The second kappa shape index (κ2) is 6.43. The molecular formula is C19H14N2O5. The third-order valence-electron chi connectivity index (χ3n) is 4.31. The van der Waals surface area contributed by atoms with Crippen LogP contribution in [-0.2, 0) is 10.4 Å². The number of aliphatic hydroxyl groups is 1. The van der Waals surface area contributed by atoms with E-state index in [0.717, 1.165) is 0 Å². The van der Waals surface area contributed by atoms with Gasteiger partial charge >= 0.3 is 0 Å². The first-order chi connectivity index (χ1) is 12.4. The van der Waals surface area contributed by atoms with Crippen LogP contribution in [0, 0.1) is 22.5 Å². The summed E-state index contributed by atoms with van der Waals surface area (Å²) in [4.78, 5) is 36.7. The van der Waals surface area contributed by atoms with E-state index in [1.165, 1.54) is 29.2 Å². The van der Waals surface area contributed by atoms with Crippen molar-refractivity contribution in [1.29, 1.82) is 0 Å². The van der Waals surface area contributed by atoms with Crippen molar-refractivity contribution in [2.45, 2.75) is 12.0 Å². The number of carbonyl (C=O) groups is 2. The smallest absolute Gasteiger partial charge is 0.269 e. The lowest BCUT2D eigenvalue weighted by molar-refractivity contribution is -0.384. The van der Waals surface area contributed by atoms with Crippen molar-refractivity contribution in [3.05, 3.63) is 69.8 Å². The maximum Gasteiger partial charge on any atom is 0.269 e. The lowest BCUT2D eigenvalue weighted by Crippen LogP contribution is -2.42. The zero-order valence-corrected chi connectivity index (χ0v) is 13.6. The molecule has 2 aromatic rings. The molecule has 0 aromatic heterocycles. The largest absolute Gasteiger partial charge is 0.375 e. The average molecular weight is 350 g/mol. The van der Waals surface area contributed by atoms with Crippen molar-refractivity contribution in [3.63, 3.8) is 0 Å². The van der Waals surface area contributed by atoms with Crippen molar-refractivity contribution in [3.8, 4) is 12.3 Å². The minimum atomic E-state index is -2.02. The van der Waals surface area contributed by atoms with Gasteiger partial charge in [-0.1, -0.05) is 24.1 Å². The monoisotopic (exact) mass is 350 g/mol. The van der Waals surface area contributed by atoms with Gasteiger partial charge < -0.3 is 5.11 Å². The van der Waals surface area contributed by atoms with Gasteiger partial charge in [-0.2, -0.15) is 0 Å². The van der Waals surface area contributed by atoms with Crippen LogP contribution in [0.3, 0.4) is 0 Å². The third kappa shape index (κ3) is 2.72. The summed E-state index contributed by atoms with van der Waals surface area (Å²) >= 11 is 0. The van der Waals surface area contributed by atoms with Crippen LogP contribution in [0.25, 0.3) is 0 Å². The number of nitro groups is 1. The van der Waals surface area contributed by atoms with Crippen LogP contribution in [0.1, 0.15) is 22.3 Å². The highest BCUT2D eigenvalue weighted by molar-refractivity contribution is 6.11. The molecule has 7 nitrogen and oxygen atoms in total. The van der Waals surface area contributed by atoms with Crippen LogP contribution < -0.4 is 4.90 Å². The van der Waals surface area contributed by atoms with Crippen LogP contribution in [0.15, 0.2) is 48.5 Å². The maximum atomic E-state index is 12.7. The third-order valence-corrected chi connectivity index (χ3v) is 4.31. The molecule has 1 unspecified atom stereocenters. The molecule has 1 aliphatic heterocycles. The average Bonchev–Trinajstić information content (AvgIpc) is 2.84. The van der Waals surface area contributed by atoms with Crippen molar-refractivity contribution in [1.82, 2.24) is 0 Å². The van der Waals surface area contributed by atoms with Crippen molar-refractivity contribution in [2.24, 2.45) is 0 Å². The number of non-ortho nitro benzene ring substituents is 1. The lowest BCUT2D eigenvalue weighted by Gasteiger charge is -2.21. The number of nitro benzene ring substituents is 1. The number of carbonyl (C=O) groups excluding carboxylic acids is 2. The van der Waals surface area contributed by atoms with Crippen LogP contribution in [-0.4, -0.2) is 28.3 Å². The van der Waals surface area contributed by atoms with E-state index in [1.807, 2.05) is 0 Å². The SMILES string of the molecule is C#CCN1C(=O)C(O)(CC(=O)c2ccc([N+](=O)[O-])cc2)c2ccccc21. The van der Waals surface area contributed by atoms with Crippen LogP contribution in [0.2, 0.25) is 0 Å². The molecule has 1 amide bonds. The number of amides is 1. The number of benzene rings is 2. The quantitative estimate of drug-likeness (QED) is 0.385. The van der Waals surface area contributed by atoms with E-state index in [2.05, 4.69) is 5.92 Å². The topological polar surface area (TPSA) is 101 Å². The highest BCUT2D eigenvalue weighted by Gasteiger charge is 2.50. The highest BCUT2D eigenvalue weighted by Crippen LogP contribution is 2.42. The second-order valence-corrected chi connectivity index (χ2v) is 5.88. The zero-order chi connectivity index (χ0) is 18.9. The van der Waals surface area contributed by atoms with Gasteiger partial charge in [0, 0.05) is 23.3 Å². The highest BCUT2D eigenvalue weighted by atomic mass is 16.6. The molecule has 1 N–H and O–H groups in total. The number of rotatable bonds is 5. The number of hydrogen-bond donors (Lipinski definition) is 1. The van der Waals surface area contributed by atoms with Gasteiger partial charge in [0.15, 0.2) is 11.4 Å². The van der Waals surface area contributed by atoms with Crippen molar-refractivity contribution in [2.75, 3.05) is 11.4 Å². The minimum Gasteiger partial charge on any atom is -0.375 e. The summed E-state index contributed by atoms with van der Waals surface area (Å²) in [6.07, 6.45) is 4.82. The first-order valence-corrected chi connectivity index (χ1v) is 7.73. The molecule has 1 heterocycles. The Morgan fingerprint density at radius 3 is 2.50 bits per heavy atom. The molecule has 7 heteroatoms. The molecule has 0 spiro atoms. The van der Waals surface area contributed by atoms with Crippen molar-refractivity contribution >= 4 is 23.1 Å². The van der Waals surface area contributed by atoms with Gasteiger partial charge in [-0.25, -0.2) is 0 Å². The summed E-state index contributed by atoms with van der Waals surface area (Å²) in [6, 6.07) is 11.6. The number of ketones is 1. The van der Waals surface area contributed by atoms with Gasteiger partial charge in [-0.3, -0.25) is 24.6 Å². The Kier molecular flexibility index (Phi) is 4.28. The fourth-order valence-corrected chi connectivity index (χ4v) is 3.03. The van der Waals surface area contributed by atoms with E-state index in [0.29, 0.717) is 11.3 Å². The van der Waals surface area contributed by atoms with Crippen LogP contribution >= 0.6 is 0 Å². The number of anilines is 1. The first kappa shape index (κ1) is 17.3. The lowest BCUT2D eigenvalue weighted by atomic mass is 9.88. The number of Topliss-reactive ketones (excluding diaryl/α,β-unsaturated/α-hetero) is 1. The standard InChI is InChI=1S/C19H14N2O5/c1-2-11-20-16-6-4-3-5-15(16)19(24,18(20)23)12-17(22)13-7-9-14(10-8-13)21(25)26/h1,3-10,24H,11-12H2. The van der Waals surface area contributed by atoms with E-state index in [4.69, 9.17) is 6.42 Å². The Morgan fingerprint density at radius 2 is 1.88 bits per heavy atom. The molecule has 0 bridgehead atoms. The summed E-state index contributed by atoms with van der Waals surface area (Å²) in [5.41, 5.74) is -1.22. The second-order valence-electron chi connectivity index (χ2n) is 5.88. The Labute approximate surface area is 149 Å². The summed E-state index contributed by atoms with van der Waals surface area (Å²) in [5, 5.41) is 21.7. The van der Waals surface area contributed by atoms with Crippen molar-refractivity contribution < 1.29 is 19.6 Å². The Bertz CT molecular complexity index is 945. The molecule has 0 radical (unpaired) electrons. The van der Waals surface area contributed by atoms with E-state index in [-0.39, 0.29) is 17.8 Å². The van der Waals surface area contributed by atoms with E-state index < -0.39 is 28.6 Å². The molecule has 0 fully saturated rings. The van der Waals surface area contributed by atoms with E-state index in [9.17, 15) is 24.8 Å². The van der Waals surface area contributed by atoms with E-state index >= 15 is 0 Å². The van der Waals surface area contributed by atoms with Gasteiger partial charge in [-0.15, -0.1) is 6.42 Å². The summed E-state index contributed by atoms with van der Waals surface area (Å²) in [5.74, 6) is 1.20. The predicted octanol–water partition coefficient (Wildman–Crippen LogP) is 2.04. The zero-order valence-electron chi connectivity index (χ0n) is 13.6. The molecule has 3 rings (SSSR count). The number of para-hydroxylation sites is 1. The maximum absolute atomic E-state index is 12.7. The fraction of sp³-hybridized carbons (Fsp3) is 0.158. The number of terminal acetylenes is 1. The number of nitrogens with zero attached hydrogens (tertiary/aromatic N) is 2. The summed E-state index contributed by atoms with van der Waals surface area (Å²) in [6.45, 7) is -0.0239. The molecular weight excluding hydrogens is 336 g/mol. The van der Waals surface area contributed by atoms with Gasteiger partial charge in [0.25, 0.3) is 11.6 Å².